The largest absolute Gasteiger partial charge is 0.207 e. The fourth-order valence-corrected chi connectivity index (χ4v) is 3.07. The molecule has 0 amide bonds. The Bertz CT molecular complexity index is 524. The molecule has 2 aromatic carbocycles. The van der Waals surface area contributed by atoms with Crippen LogP contribution in [0.2, 0.25) is 0 Å². The quantitative estimate of drug-likeness (QED) is 0.666. The fraction of sp³-hybridized carbons (Fsp3) is 0.250. The molecule has 18 heavy (non-hydrogen) atoms. The lowest BCUT2D eigenvalue weighted by molar-refractivity contribution is 0.625. The summed E-state index contributed by atoms with van der Waals surface area (Å²) in [7, 11) is 0. The number of rotatable bonds is 2. The van der Waals surface area contributed by atoms with Crippen LogP contribution in [0.5, 0.6) is 0 Å². The standard InChI is InChI=1S/C16H16BrF/c1-10-4-5-11(2)14(8-10)16(17)15-9-13(18)7-6-12(15)3/h4-9,16H,1-3H3. The maximum absolute atomic E-state index is 13.4. The first-order chi connectivity index (χ1) is 8.49. The van der Waals surface area contributed by atoms with Gasteiger partial charge in [-0.15, -0.1) is 0 Å². The van der Waals surface area contributed by atoms with Crippen LogP contribution in [-0.4, -0.2) is 0 Å². The van der Waals surface area contributed by atoms with E-state index in [1.54, 1.807) is 6.07 Å². The Morgan fingerprint density at radius 1 is 0.889 bits per heavy atom. The van der Waals surface area contributed by atoms with E-state index in [9.17, 15) is 4.39 Å². The minimum atomic E-state index is -0.189. The summed E-state index contributed by atoms with van der Waals surface area (Å²) in [6.07, 6.45) is 0. The molecule has 2 heteroatoms. The van der Waals surface area contributed by atoms with E-state index in [0.717, 1.165) is 11.1 Å². The predicted octanol–water partition coefficient (Wildman–Crippen LogP) is 5.24. The normalized spacial score (nSPS) is 12.5. The topological polar surface area (TPSA) is 0 Å². The highest BCUT2D eigenvalue weighted by atomic mass is 79.9. The zero-order valence-electron chi connectivity index (χ0n) is 10.8. The molecule has 0 bridgehead atoms. The van der Waals surface area contributed by atoms with Gasteiger partial charge >= 0.3 is 0 Å². The van der Waals surface area contributed by atoms with Crippen LogP contribution in [0.15, 0.2) is 36.4 Å². The van der Waals surface area contributed by atoms with Crippen molar-refractivity contribution in [1.82, 2.24) is 0 Å². The zero-order valence-corrected chi connectivity index (χ0v) is 12.4. The van der Waals surface area contributed by atoms with E-state index in [1.807, 2.05) is 13.0 Å². The van der Waals surface area contributed by atoms with Crippen molar-refractivity contribution in [3.63, 3.8) is 0 Å². The van der Waals surface area contributed by atoms with E-state index in [0.29, 0.717) is 0 Å². The van der Waals surface area contributed by atoms with E-state index >= 15 is 0 Å². The molecule has 2 rings (SSSR count). The van der Waals surface area contributed by atoms with Gasteiger partial charge in [-0.3, -0.25) is 0 Å². The molecule has 0 nitrogen and oxygen atoms in total. The first-order valence-corrected chi connectivity index (χ1v) is 6.88. The highest BCUT2D eigenvalue weighted by molar-refractivity contribution is 9.09. The van der Waals surface area contributed by atoms with Gasteiger partial charge in [0.05, 0.1) is 4.83 Å². The second-order valence-corrected chi connectivity index (χ2v) is 5.64. The zero-order chi connectivity index (χ0) is 13.3. The number of aryl methyl sites for hydroxylation is 3. The summed E-state index contributed by atoms with van der Waals surface area (Å²) in [6, 6.07) is 11.3. The van der Waals surface area contributed by atoms with Crippen molar-refractivity contribution < 1.29 is 4.39 Å². The summed E-state index contributed by atoms with van der Waals surface area (Å²) in [6.45, 7) is 6.16. The third kappa shape index (κ3) is 2.64. The molecule has 0 aliphatic heterocycles. The van der Waals surface area contributed by atoms with E-state index < -0.39 is 0 Å². The minimum Gasteiger partial charge on any atom is -0.207 e. The van der Waals surface area contributed by atoms with E-state index in [1.165, 1.54) is 22.8 Å². The Morgan fingerprint density at radius 3 is 2.11 bits per heavy atom. The number of benzene rings is 2. The van der Waals surface area contributed by atoms with Crippen molar-refractivity contribution in [2.45, 2.75) is 25.6 Å². The third-order valence-electron chi connectivity index (χ3n) is 3.22. The Labute approximate surface area is 116 Å². The molecule has 0 aromatic heterocycles. The molecule has 0 saturated heterocycles. The number of alkyl halides is 1. The lowest BCUT2D eigenvalue weighted by Crippen LogP contribution is -1.99. The van der Waals surface area contributed by atoms with Gasteiger partial charge in [0.1, 0.15) is 5.82 Å². The van der Waals surface area contributed by atoms with Gasteiger partial charge < -0.3 is 0 Å². The van der Waals surface area contributed by atoms with Crippen molar-refractivity contribution in [1.29, 1.82) is 0 Å². The van der Waals surface area contributed by atoms with E-state index in [-0.39, 0.29) is 10.6 Å². The average molecular weight is 307 g/mol. The Morgan fingerprint density at radius 2 is 1.44 bits per heavy atom. The molecule has 0 spiro atoms. The van der Waals surface area contributed by atoms with Crippen LogP contribution >= 0.6 is 15.9 Å². The van der Waals surface area contributed by atoms with Crippen LogP contribution in [0.4, 0.5) is 4.39 Å². The number of hydrogen-bond acceptors (Lipinski definition) is 0. The second kappa shape index (κ2) is 5.23. The van der Waals surface area contributed by atoms with Crippen molar-refractivity contribution in [3.8, 4) is 0 Å². The van der Waals surface area contributed by atoms with Crippen molar-refractivity contribution in [2.24, 2.45) is 0 Å². The van der Waals surface area contributed by atoms with Crippen LogP contribution in [0.25, 0.3) is 0 Å². The molecular formula is C16H16BrF. The molecule has 0 fully saturated rings. The van der Waals surface area contributed by atoms with Gasteiger partial charge in [0.25, 0.3) is 0 Å². The first kappa shape index (κ1) is 13.3. The summed E-state index contributed by atoms with van der Waals surface area (Å²) in [5, 5.41) is 0. The molecule has 0 radical (unpaired) electrons. The summed E-state index contributed by atoms with van der Waals surface area (Å²) in [5.41, 5.74) is 5.71. The number of hydrogen-bond donors (Lipinski definition) is 0. The van der Waals surface area contributed by atoms with Crippen molar-refractivity contribution in [3.05, 3.63) is 70.0 Å². The predicted molar refractivity (Wildman–Crippen MR) is 77.8 cm³/mol. The Balaban J connectivity index is 2.50. The Hall–Kier alpha value is -1.15. The smallest absolute Gasteiger partial charge is 0.123 e. The number of halogens is 2. The maximum atomic E-state index is 13.4. The van der Waals surface area contributed by atoms with Gasteiger partial charge in [0, 0.05) is 0 Å². The first-order valence-electron chi connectivity index (χ1n) is 5.96. The van der Waals surface area contributed by atoms with Gasteiger partial charge in [0.15, 0.2) is 0 Å². The molecule has 0 aliphatic carbocycles. The van der Waals surface area contributed by atoms with Gasteiger partial charge in [-0.1, -0.05) is 45.8 Å². The molecule has 0 heterocycles. The maximum Gasteiger partial charge on any atom is 0.123 e. The molecular weight excluding hydrogens is 291 g/mol. The summed E-state index contributed by atoms with van der Waals surface area (Å²) in [5.74, 6) is -0.189. The van der Waals surface area contributed by atoms with Gasteiger partial charge in [-0.2, -0.15) is 0 Å². The van der Waals surface area contributed by atoms with Gasteiger partial charge in [-0.05, 0) is 55.2 Å². The SMILES string of the molecule is Cc1ccc(C)c(C(Br)c2cc(F)ccc2C)c1. The van der Waals surface area contributed by atoms with Crippen LogP contribution in [0, 0.1) is 26.6 Å². The molecule has 1 unspecified atom stereocenters. The molecule has 1 atom stereocenters. The monoisotopic (exact) mass is 306 g/mol. The molecule has 0 aliphatic rings. The van der Waals surface area contributed by atoms with Crippen LogP contribution < -0.4 is 0 Å². The van der Waals surface area contributed by atoms with Crippen LogP contribution in [0.3, 0.4) is 0 Å². The summed E-state index contributed by atoms with van der Waals surface area (Å²) >= 11 is 3.70. The minimum absolute atomic E-state index is 0.0353. The van der Waals surface area contributed by atoms with Crippen molar-refractivity contribution >= 4 is 15.9 Å². The van der Waals surface area contributed by atoms with Crippen molar-refractivity contribution in [2.75, 3.05) is 0 Å². The molecule has 0 saturated carbocycles. The molecule has 94 valence electrons. The fourth-order valence-electron chi connectivity index (χ4n) is 2.08. The van der Waals surface area contributed by atoms with Gasteiger partial charge in [0.2, 0.25) is 0 Å². The third-order valence-corrected chi connectivity index (χ3v) is 4.21. The molecule has 2 aromatic rings. The average Bonchev–Trinajstić information content (AvgIpc) is 2.34. The van der Waals surface area contributed by atoms with Crippen LogP contribution in [-0.2, 0) is 0 Å². The highest BCUT2D eigenvalue weighted by Crippen LogP contribution is 2.35. The summed E-state index contributed by atoms with van der Waals surface area (Å²) < 4.78 is 13.4. The van der Waals surface area contributed by atoms with Gasteiger partial charge in [-0.25, -0.2) is 4.39 Å². The van der Waals surface area contributed by atoms with E-state index in [4.69, 9.17) is 0 Å². The lowest BCUT2D eigenvalue weighted by Gasteiger charge is -2.16. The Kier molecular flexibility index (Phi) is 3.86. The molecule has 0 N–H and O–H groups in total. The van der Waals surface area contributed by atoms with E-state index in [2.05, 4.69) is 48.0 Å². The van der Waals surface area contributed by atoms with Crippen LogP contribution in [0.1, 0.15) is 32.6 Å². The summed E-state index contributed by atoms with van der Waals surface area (Å²) in [4.78, 5) is 0.0353. The lowest BCUT2D eigenvalue weighted by atomic mass is 9.96. The highest BCUT2D eigenvalue weighted by Gasteiger charge is 2.15. The second-order valence-electron chi connectivity index (χ2n) is 4.72.